The van der Waals surface area contributed by atoms with Crippen LogP contribution in [-0.2, 0) is 0 Å². The highest BCUT2D eigenvalue weighted by molar-refractivity contribution is 5.78. The Hall–Kier alpha value is -1.45. The summed E-state index contributed by atoms with van der Waals surface area (Å²) in [7, 11) is 0. The Morgan fingerprint density at radius 2 is 2.15 bits per heavy atom. The molecule has 0 saturated heterocycles. The minimum atomic E-state index is -2.56. The molecule has 2 nitrogen and oxygen atoms in total. The van der Waals surface area contributed by atoms with E-state index in [-0.39, 0.29) is 0 Å². The monoisotopic (exact) mass is 182 g/mol. The smallest absolute Gasteiger partial charge is 0.210 e. The molecule has 1 aromatic heterocycles. The predicted octanol–water partition coefficient (Wildman–Crippen LogP) is 2.74. The minimum absolute atomic E-state index is 0.603. The van der Waals surface area contributed by atoms with Gasteiger partial charge in [-0.3, -0.25) is 0 Å². The third-order valence-corrected chi connectivity index (χ3v) is 1.88. The van der Waals surface area contributed by atoms with Crippen LogP contribution in [0.4, 0.5) is 8.78 Å². The topological polar surface area (TPSA) is 17.8 Å². The molecule has 0 fully saturated rings. The largest absolute Gasteiger partial charge is 0.333 e. The average Bonchev–Trinajstić information content (AvgIpc) is 2.46. The molecule has 1 aromatic carbocycles. The zero-order valence-corrected chi connectivity index (χ0v) is 7.04. The molecule has 13 heavy (non-hydrogen) atoms. The van der Waals surface area contributed by atoms with Crippen molar-refractivity contribution in [3.8, 4) is 0 Å². The number of alkyl halides is 2. The maximum atomic E-state index is 12.2. The van der Waals surface area contributed by atoms with Crippen molar-refractivity contribution in [2.45, 2.75) is 13.5 Å². The maximum absolute atomic E-state index is 12.2. The molecule has 1 heterocycles. The van der Waals surface area contributed by atoms with Crippen molar-refractivity contribution in [2.24, 2.45) is 0 Å². The Morgan fingerprint density at radius 3 is 2.85 bits per heavy atom. The fourth-order valence-corrected chi connectivity index (χ4v) is 1.26. The SMILES string of the molecule is Cc1ccc2nn(C(F)F)cc2c1. The van der Waals surface area contributed by atoms with Crippen LogP contribution in [0.2, 0.25) is 0 Å². The van der Waals surface area contributed by atoms with Gasteiger partial charge in [0.25, 0.3) is 0 Å². The summed E-state index contributed by atoms with van der Waals surface area (Å²) in [6.07, 6.45) is 1.35. The Morgan fingerprint density at radius 1 is 1.38 bits per heavy atom. The van der Waals surface area contributed by atoms with Crippen molar-refractivity contribution in [1.29, 1.82) is 0 Å². The van der Waals surface area contributed by atoms with Crippen molar-refractivity contribution in [3.05, 3.63) is 30.0 Å². The lowest BCUT2D eigenvalue weighted by atomic mass is 10.2. The summed E-state index contributed by atoms with van der Waals surface area (Å²) in [4.78, 5) is 0. The summed E-state index contributed by atoms with van der Waals surface area (Å²) in [6, 6.07) is 5.43. The van der Waals surface area contributed by atoms with E-state index in [9.17, 15) is 8.78 Å². The third kappa shape index (κ3) is 1.39. The molecule has 2 aromatic rings. The average molecular weight is 182 g/mol. The van der Waals surface area contributed by atoms with Crippen LogP contribution in [0.15, 0.2) is 24.4 Å². The Kier molecular flexibility index (Phi) is 1.76. The van der Waals surface area contributed by atoms with Crippen molar-refractivity contribution in [1.82, 2.24) is 9.78 Å². The lowest BCUT2D eigenvalue weighted by Crippen LogP contribution is -1.96. The van der Waals surface area contributed by atoms with Gasteiger partial charge in [-0.1, -0.05) is 11.6 Å². The normalized spacial score (nSPS) is 11.4. The van der Waals surface area contributed by atoms with Crippen LogP contribution >= 0.6 is 0 Å². The molecule has 0 saturated carbocycles. The Labute approximate surface area is 73.8 Å². The second kappa shape index (κ2) is 2.80. The number of rotatable bonds is 1. The third-order valence-electron chi connectivity index (χ3n) is 1.88. The van der Waals surface area contributed by atoms with Crippen molar-refractivity contribution >= 4 is 10.9 Å². The number of benzene rings is 1. The van der Waals surface area contributed by atoms with Gasteiger partial charge < -0.3 is 0 Å². The molecule has 2 rings (SSSR count). The maximum Gasteiger partial charge on any atom is 0.333 e. The predicted molar refractivity (Wildman–Crippen MR) is 45.7 cm³/mol. The van der Waals surface area contributed by atoms with Crippen LogP contribution in [0.25, 0.3) is 10.9 Å². The molecule has 0 spiro atoms. The first-order chi connectivity index (χ1) is 6.16. The molecule has 68 valence electrons. The minimum Gasteiger partial charge on any atom is -0.210 e. The number of aryl methyl sites for hydroxylation is 1. The molecule has 0 amide bonds. The zero-order valence-electron chi connectivity index (χ0n) is 7.04. The first-order valence-electron chi connectivity index (χ1n) is 3.90. The van der Waals surface area contributed by atoms with Gasteiger partial charge in [-0.2, -0.15) is 13.9 Å². The van der Waals surface area contributed by atoms with Gasteiger partial charge in [0.15, 0.2) is 0 Å². The van der Waals surface area contributed by atoms with E-state index in [0.717, 1.165) is 10.9 Å². The van der Waals surface area contributed by atoms with E-state index in [4.69, 9.17) is 0 Å². The Balaban J connectivity index is 2.62. The summed E-state index contributed by atoms with van der Waals surface area (Å²) in [6.45, 7) is -0.646. The molecular formula is C9H8F2N2. The Bertz CT molecular complexity index is 434. The highest BCUT2D eigenvalue weighted by Crippen LogP contribution is 2.17. The highest BCUT2D eigenvalue weighted by Gasteiger charge is 2.07. The highest BCUT2D eigenvalue weighted by atomic mass is 19.3. The lowest BCUT2D eigenvalue weighted by molar-refractivity contribution is 0.0574. The molecular weight excluding hydrogens is 174 g/mol. The molecule has 0 unspecified atom stereocenters. The van der Waals surface area contributed by atoms with Gasteiger partial charge in [0.05, 0.1) is 5.52 Å². The van der Waals surface area contributed by atoms with Crippen LogP contribution < -0.4 is 0 Å². The summed E-state index contributed by atoms with van der Waals surface area (Å²) in [5.74, 6) is 0. The van der Waals surface area contributed by atoms with Gasteiger partial charge in [0.1, 0.15) is 0 Å². The second-order valence-electron chi connectivity index (χ2n) is 2.95. The number of hydrogen-bond donors (Lipinski definition) is 0. The van der Waals surface area contributed by atoms with Gasteiger partial charge in [-0.15, -0.1) is 0 Å². The van der Waals surface area contributed by atoms with E-state index in [1.54, 1.807) is 6.07 Å². The van der Waals surface area contributed by atoms with E-state index >= 15 is 0 Å². The van der Waals surface area contributed by atoms with E-state index in [1.807, 2.05) is 19.1 Å². The van der Waals surface area contributed by atoms with Gasteiger partial charge in [0, 0.05) is 11.6 Å². The fourth-order valence-electron chi connectivity index (χ4n) is 1.26. The van der Waals surface area contributed by atoms with Gasteiger partial charge in [-0.05, 0) is 19.1 Å². The first kappa shape index (κ1) is 8.16. The molecule has 0 aliphatic rings. The van der Waals surface area contributed by atoms with Crippen molar-refractivity contribution in [3.63, 3.8) is 0 Å². The number of halogens is 2. The summed E-state index contributed by atoms with van der Waals surface area (Å²) in [5.41, 5.74) is 1.65. The van der Waals surface area contributed by atoms with E-state index < -0.39 is 6.55 Å². The van der Waals surface area contributed by atoms with Crippen LogP contribution in [0.1, 0.15) is 12.1 Å². The van der Waals surface area contributed by atoms with Crippen LogP contribution in [0.5, 0.6) is 0 Å². The summed E-state index contributed by atoms with van der Waals surface area (Å²) >= 11 is 0. The standard InChI is InChI=1S/C9H8F2N2/c1-6-2-3-8-7(4-6)5-13(12-8)9(10)11/h2-5,9H,1H3. The summed E-state index contributed by atoms with van der Waals surface area (Å²) in [5, 5.41) is 4.47. The van der Waals surface area contributed by atoms with Crippen molar-refractivity contribution in [2.75, 3.05) is 0 Å². The molecule has 0 aliphatic heterocycles. The zero-order chi connectivity index (χ0) is 9.42. The number of aromatic nitrogens is 2. The number of nitrogens with zero attached hydrogens (tertiary/aromatic N) is 2. The molecule has 4 heteroatoms. The van der Waals surface area contributed by atoms with Crippen LogP contribution in [0.3, 0.4) is 0 Å². The molecule has 0 radical (unpaired) electrons. The second-order valence-corrected chi connectivity index (χ2v) is 2.95. The van der Waals surface area contributed by atoms with Gasteiger partial charge >= 0.3 is 6.55 Å². The van der Waals surface area contributed by atoms with E-state index in [1.165, 1.54) is 6.20 Å². The van der Waals surface area contributed by atoms with E-state index in [0.29, 0.717) is 10.2 Å². The van der Waals surface area contributed by atoms with Gasteiger partial charge in [-0.25, -0.2) is 4.68 Å². The quantitative estimate of drug-likeness (QED) is 0.663. The lowest BCUT2D eigenvalue weighted by Gasteiger charge is -1.94. The molecule has 0 bridgehead atoms. The first-order valence-corrected chi connectivity index (χ1v) is 3.90. The number of hydrogen-bond acceptors (Lipinski definition) is 1. The molecule has 0 N–H and O–H groups in total. The fraction of sp³-hybridized carbons (Fsp3) is 0.222. The van der Waals surface area contributed by atoms with E-state index in [2.05, 4.69) is 5.10 Å². The summed E-state index contributed by atoms with van der Waals surface area (Å²) < 4.78 is 25.1. The van der Waals surface area contributed by atoms with Crippen LogP contribution in [-0.4, -0.2) is 9.78 Å². The molecule has 0 atom stereocenters. The van der Waals surface area contributed by atoms with Crippen molar-refractivity contribution < 1.29 is 8.78 Å². The van der Waals surface area contributed by atoms with Gasteiger partial charge in [0.2, 0.25) is 0 Å². The van der Waals surface area contributed by atoms with Crippen LogP contribution in [0, 0.1) is 6.92 Å². The molecule has 0 aliphatic carbocycles. The number of fused-ring (bicyclic) bond motifs is 1.